The Morgan fingerprint density at radius 2 is 1.30 bits per heavy atom. The minimum absolute atomic E-state index is 0.0282. The Morgan fingerprint density at radius 1 is 0.697 bits per heavy atom. The van der Waals surface area contributed by atoms with E-state index in [0.717, 1.165) is 27.3 Å². The van der Waals surface area contributed by atoms with E-state index in [9.17, 15) is 0 Å². The van der Waals surface area contributed by atoms with Crippen molar-refractivity contribution in [1.82, 2.24) is 0 Å². The monoisotopic (exact) mass is 484 g/mol. The molecule has 0 saturated carbocycles. The number of benzene rings is 3. The van der Waals surface area contributed by atoms with Crippen LogP contribution >= 0.6 is 23.2 Å². The highest BCUT2D eigenvalue weighted by molar-refractivity contribution is 6.31. The van der Waals surface area contributed by atoms with Crippen molar-refractivity contribution < 1.29 is 4.39 Å². The third-order valence-corrected chi connectivity index (χ3v) is 6.93. The summed E-state index contributed by atoms with van der Waals surface area (Å²) in [6.45, 7) is 15.2. The second kappa shape index (κ2) is 10.2. The van der Waals surface area contributed by atoms with Crippen LogP contribution in [0.25, 0.3) is 0 Å². The molecule has 0 nitrogen and oxygen atoms in total. The van der Waals surface area contributed by atoms with E-state index < -0.39 is 0 Å². The van der Waals surface area contributed by atoms with Gasteiger partial charge in [-0.25, -0.2) is 4.39 Å². The largest absolute Gasteiger partial charge is 0.207 e. The standard InChI is InChI=1S/C30H35Cl2F/c1-18(2)26-10-9-25(31)15-20(26)13-23-16-27(19(3)4)21(17-29(23)33)12-22-14-24(30(5,6)7)8-11-28(22)32/h8-11,14-19H,12-13H2,1-7H3. The third-order valence-electron chi connectivity index (χ3n) is 6.33. The van der Waals surface area contributed by atoms with Crippen molar-refractivity contribution in [3.05, 3.63) is 103 Å². The van der Waals surface area contributed by atoms with Gasteiger partial charge in [-0.3, -0.25) is 0 Å². The lowest BCUT2D eigenvalue weighted by atomic mass is 9.84. The van der Waals surface area contributed by atoms with Gasteiger partial charge in [-0.15, -0.1) is 0 Å². The Labute approximate surface area is 209 Å². The van der Waals surface area contributed by atoms with Crippen molar-refractivity contribution in [2.45, 2.75) is 78.6 Å². The van der Waals surface area contributed by atoms with Crippen LogP contribution in [0.1, 0.15) is 99.2 Å². The van der Waals surface area contributed by atoms with E-state index in [4.69, 9.17) is 23.2 Å². The molecule has 3 aromatic rings. The molecule has 0 aliphatic heterocycles. The maximum Gasteiger partial charge on any atom is 0.127 e. The van der Waals surface area contributed by atoms with Crippen LogP contribution < -0.4 is 0 Å². The molecular formula is C30H35Cl2F. The second-order valence-electron chi connectivity index (χ2n) is 10.7. The van der Waals surface area contributed by atoms with Crippen LogP contribution in [0.5, 0.6) is 0 Å². The van der Waals surface area contributed by atoms with E-state index in [1.807, 2.05) is 24.3 Å². The predicted octanol–water partition coefficient (Wildman–Crippen LogP) is 9.86. The molecule has 0 unspecified atom stereocenters. The molecule has 0 aliphatic rings. The normalized spacial score (nSPS) is 12.1. The maximum absolute atomic E-state index is 15.4. The molecule has 0 amide bonds. The average Bonchev–Trinajstić information content (AvgIpc) is 2.70. The van der Waals surface area contributed by atoms with E-state index in [0.29, 0.717) is 29.3 Å². The molecule has 0 radical (unpaired) electrons. The highest BCUT2D eigenvalue weighted by atomic mass is 35.5. The van der Waals surface area contributed by atoms with E-state index >= 15 is 4.39 Å². The number of hydrogen-bond donors (Lipinski definition) is 0. The molecule has 0 fully saturated rings. The topological polar surface area (TPSA) is 0 Å². The Hall–Kier alpha value is -1.83. The van der Waals surface area contributed by atoms with Crippen LogP contribution in [0.2, 0.25) is 10.0 Å². The quantitative estimate of drug-likeness (QED) is 0.326. The van der Waals surface area contributed by atoms with Gasteiger partial charge in [0, 0.05) is 16.5 Å². The smallest absolute Gasteiger partial charge is 0.127 e. The van der Waals surface area contributed by atoms with E-state index in [2.05, 4.69) is 66.7 Å². The van der Waals surface area contributed by atoms with Crippen LogP contribution in [0.3, 0.4) is 0 Å². The predicted molar refractivity (Wildman–Crippen MR) is 142 cm³/mol. The molecular weight excluding hydrogens is 450 g/mol. The molecule has 0 spiro atoms. The summed E-state index contributed by atoms with van der Waals surface area (Å²) in [5.74, 6) is 0.446. The van der Waals surface area contributed by atoms with Gasteiger partial charge in [0.15, 0.2) is 0 Å². The van der Waals surface area contributed by atoms with Gasteiger partial charge in [0.1, 0.15) is 5.82 Å². The fourth-order valence-electron chi connectivity index (χ4n) is 4.38. The molecule has 0 bridgehead atoms. The molecule has 0 N–H and O–H groups in total. The van der Waals surface area contributed by atoms with Crippen LogP contribution in [-0.2, 0) is 18.3 Å². The van der Waals surface area contributed by atoms with Crippen molar-refractivity contribution in [2.24, 2.45) is 0 Å². The van der Waals surface area contributed by atoms with Crippen LogP contribution in [-0.4, -0.2) is 0 Å². The highest BCUT2D eigenvalue weighted by Crippen LogP contribution is 2.33. The lowest BCUT2D eigenvalue weighted by Gasteiger charge is -2.22. The van der Waals surface area contributed by atoms with Gasteiger partial charge in [-0.1, -0.05) is 95.9 Å². The number of halogens is 3. The lowest BCUT2D eigenvalue weighted by Crippen LogP contribution is -2.12. The van der Waals surface area contributed by atoms with Gasteiger partial charge in [-0.2, -0.15) is 0 Å². The molecule has 3 rings (SSSR count). The first-order valence-corrected chi connectivity index (χ1v) is 12.5. The van der Waals surface area contributed by atoms with Gasteiger partial charge in [0.2, 0.25) is 0 Å². The van der Waals surface area contributed by atoms with Crippen molar-refractivity contribution in [1.29, 1.82) is 0 Å². The van der Waals surface area contributed by atoms with Gasteiger partial charge in [0.05, 0.1) is 0 Å². The molecule has 0 atom stereocenters. The molecule has 3 aromatic carbocycles. The van der Waals surface area contributed by atoms with Crippen LogP contribution in [0, 0.1) is 5.82 Å². The molecule has 0 aromatic heterocycles. The molecule has 3 heteroatoms. The van der Waals surface area contributed by atoms with Crippen molar-refractivity contribution in [3.8, 4) is 0 Å². The zero-order valence-corrected chi connectivity index (χ0v) is 22.3. The minimum Gasteiger partial charge on any atom is -0.207 e. The van der Waals surface area contributed by atoms with Crippen molar-refractivity contribution >= 4 is 23.2 Å². The van der Waals surface area contributed by atoms with Gasteiger partial charge in [-0.05, 0) is 86.9 Å². The fourth-order valence-corrected chi connectivity index (χ4v) is 4.76. The summed E-state index contributed by atoms with van der Waals surface area (Å²) in [6, 6.07) is 15.9. The minimum atomic E-state index is -0.174. The summed E-state index contributed by atoms with van der Waals surface area (Å²) < 4.78 is 15.4. The van der Waals surface area contributed by atoms with Crippen molar-refractivity contribution in [2.75, 3.05) is 0 Å². The van der Waals surface area contributed by atoms with E-state index in [1.54, 1.807) is 6.07 Å². The first kappa shape index (κ1) is 25.8. The molecule has 0 heterocycles. The molecule has 33 heavy (non-hydrogen) atoms. The second-order valence-corrected chi connectivity index (χ2v) is 11.5. The Morgan fingerprint density at radius 3 is 1.91 bits per heavy atom. The summed E-state index contributed by atoms with van der Waals surface area (Å²) in [7, 11) is 0. The van der Waals surface area contributed by atoms with E-state index in [-0.39, 0.29) is 17.2 Å². The van der Waals surface area contributed by atoms with Crippen molar-refractivity contribution in [3.63, 3.8) is 0 Å². The summed E-state index contributed by atoms with van der Waals surface area (Å²) in [5, 5.41) is 1.41. The first-order valence-electron chi connectivity index (χ1n) is 11.7. The zero-order valence-electron chi connectivity index (χ0n) is 20.8. The van der Waals surface area contributed by atoms with Gasteiger partial charge < -0.3 is 0 Å². The fraction of sp³-hybridized carbons (Fsp3) is 0.400. The third kappa shape index (κ3) is 6.19. The number of rotatable bonds is 6. The number of hydrogen-bond acceptors (Lipinski definition) is 0. The molecule has 0 saturated heterocycles. The molecule has 176 valence electrons. The highest BCUT2D eigenvalue weighted by Gasteiger charge is 2.19. The Kier molecular flexibility index (Phi) is 7.97. The average molecular weight is 486 g/mol. The van der Waals surface area contributed by atoms with Gasteiger partial charge in [0.25, 0.3) is 0 Å². The maximum atomic E-state index is 15.4. The SMILES string of the molecule is CC(C)c1ccc(Cl)cc1Cc1cc(C(C)C)c(Cc2cc(C(C)(C)C)ccc2Cl)cc1F. The lowest BCUT2D eigenvalue weighted by molar-refractivity contribution is 0.589. The Balaban J connectivity index is 2.03. The van der Waals surface area contributed by atoms with Gasteiger partial charge >= 0.3 is 0 Å². The summed E-state index contributed by atoms with van der Waals surface area (Å²) in [6.07, 6.45) is 1.14. The zero-order chi connectivity index (χ0) is 24.5. The molecule has 0 aliphatic carbocycles. The summed E-state index contributed by atoms with van der Waals surface area (Å²) >= 11 is 12.8. The van der Waals surface area contributed by atoms with Crippen LogP contribution in [0.15, 0.2) is 48.5 Å². The summed E-state index contributed by atoms with van der Waals surface area (Å²) in [5.41, 5.74) is 7.45. The first-order chi connectivity index (χ1) is 15.4. The van der Waals surface area contributed by atoms with E-state index in [1.165, 1.54) is 11.1 Å². The summed E-state index contributed by atoms with van der Waals surface area (Å²) in [4.78, 5) is 0. The Bertz CT molecular complexity index is 1140. The van der Waals surface area contributed by atoms with Crippen LogP contribution in [0.4, 0.5) is 4.39 Å².